The van der Waals surface area contributed by atoms with Crippen LogP contribution in [0, 0.1) is 0 Å². The van der Waals surface area contributed by atoms with E-state index in [2.05, 4.69) is 45.1 Å². The van der Waals surface area contributed by atoms with Crippen LogP contribution in [-0.2, 0) is 14.2 Å². The Kier molecular flexibility index (Phi) is 5.43. The molecule has 3 fully saturated rings. The summed E-state index contributed by atoms with van der Waals surface area (Å²) in [4.78, 5) is 10.7. The highest BCUT2D eigenvalue weighted by Crippen LogP contribution is 2.34. The van der Waals surface area contributed by atoms with Crippen LogP contribution >= 0.6 is 11.8 Å². The molecule has 1 aromatic carbocycles. The van der Waals surface area contributed by atoms with Crippen molar-refractivity contribution in [2.75, 3.05) is 57.5 Å². The maximum atomic E-state index is 5.83. The quantitative estimate of drug-likeness (QED) is 0.776. The summed E-state index contributed by atoms with van der Waals surface area (Å²) >= 11 is 1.83. The van der Waals surface area contributed by atoms with Crippen LogP contribution in [0.1, 0.15) is 18.4 Å². The summed E-state index contributed by atoms with van der Waals surface area (Å²) in [6.07, 6.45) is 6.11. The van der Waals surface area contributed by atoms with E-state index in [0.29, 0.717) is 0 Å². The van der Waals surface area contributed by atoms with Crippen LogP contribution in [-0.4, -0.2) is 75.0 Å². The first-order valence-corrected chi connectivity index (χ1v) is 11.0. The fourth-order valence-corrected chi connectivity index (χ4v) is 5.25. The number of allylic oxidation sites excluding steroid dienone is 1. The first-order chi connectivity index (χ1) is 13.8. The molecule has 6 nitrogen and oxygen atoms in total. The molecule has 150 valence electrons. The van der Waals surface area contributed by atoms with Gasteiger partial charge in [-0.25, -0.2) is 0 Å². The van der Waals surface area contributed by atoms with Gasteiger partial charge in [-0.2, -0.15) is 0 Å². The Morgan fingerprint density at radius 1 is 0.964 bits per heavy atom. The molecule has 4 aliphatic rings. The summed E-state index contributed by atoms with van der Waals surface area (Å²) in [5.74, 6) is -0.309. The Labute approximate surface area is 170 Å². The second-order valence-corrected chi connectivity index (χ2v) is 8.73. The third kappa shape index (κ3) is 4.00. The highest BCUT2D eigenvalue weighted by molar-refractivity contribution is 8.04. The lowest BCUT2D eigenvalue weighted by molar-refractivity contribution is -0.169. The van der Waals surface area contributed by atoms with Gasteiger partial charge in [0.15, 0.2) is 11.3 Å². The van der Waals surface area contributed by atoms with Gasteiger partial charge in [0, 0.05) is 55.8 Å². The molecule has 0 aliphatic carbocycles. The van der Waals surface area contributed by atoms with Crippen LogP contribution in [0.2, 0.25) is 0 Å². The third-order valence-corrected chi connectivity index (χ3v) is 6.96. The lowest BCUT2D eigenvalue weighted by atomic mass is 10.0. The molecule has 7 heteroatoms. The topological polar surface area (TPSA) is 46.5 Å². The molecule has 28 heavy (non-hydrogen) atoms. The van der Waals surface area contributed by atoms with Gasteiger partial charge in [0.05, 0.1) is 26.4 Å². The predicted octanol–water partition coefficient (Wildman–Crippen LogP) is 2.80. The molecule has 3 saturated heterocycles. The SMILES string of the molecule is C1=NC(N2CCOCC2)SC1=Cc1ccc(N2CCC3(CC2)OCCO3)cc1. The number of hydrogen-bond donors (Lipinski definition) is 0. The minimum absolute atomic E-state index is 0.204. The monoisotopic (exact) mass is 401 g/mol. The third-order valence-electron chi connectivity index (χ3n) is 5.83. The van der Waals surface area contributed by atoms with Gasteiger partial charge in [0.2, 0.25) is 0 Å². The van der Waals surface area contributed by atoms with Gasteiger partial charge in [-0.1, -0.05) is 23.9 Å². The van der Waals surface area contributed by atoms with Crippen molar-refractivity contribution in [2.24, 2.45) is 4.99 Å². The number of rotatable bonds is 3. The summed E-state index contributed by atoms with van der Waals surface area (Å²) in [7, 11) is 0. The van der Waals surface area contributed by atoms with Gasteiger partial charge in [0.1, 0.15) is 0 Å². The normalized spacial score (nSPS) is 29.2. The Bertz CT molecular complexity index is 730. The molecule has 5 rings (SSSR count). The highest BCUT2D eigenvalue weighted by atomic mass is 32.2. The number of ether oxygens (including phenoxy) is 3. The Balaban J connectivity index is 1.18. The minimum atomic E-state index is -0.309. The standard InChI is InChI=1S/C21H27N3O3S/c1-3-18(23-7-5-21(6-8-23)26-13-14-27-21)4-2-17(1)15-19-16-22-20(28-19)24-9-11-25-12-10-24/h1-4,15-16,20H,5-14H2. The second kappa shape index (κ2) is 8.16. The van der Waals surface area contributed by atoms with Crippen molar-refractivity contribution in [2.45, 2.75) is 24.1 Å². The molecule has 1 atom stereocenters. The van der Waals surface area contributed by atoms with E-state index in [9.17, 15) is 0 Å². The van der Waals surface area contributed by atoms with Crippen LogP contribution in [0.15, 0.2) is 34.2 Å². The van der Waals surface area contributed by atoms with Gasteiger partial charge in [-0.05, 0) is 23.8 Å². The van der Waals surface area contributed by atoms with Gasteiger partial charge in [-0.3, -0.25) is 9.89 Å². The van der Waals surface area contributed by atoms with Gasteiger partial charge in [-0.15, -0.1) is 0 Å². The van der Waals surface area contributed by atoms with Crippen LogP contribution in [0.5, 0.6) is 0 Å². The molecule has 4 aliphatic heterocycles. The molecule has 0 bridgehead atoms. The van der Waals surface area contributed by atoms with Crippen LogP contribution in [0.3, 0.4) is 0 Å². The summed E-state index contributed by atoms with van der Waals surface area (Å²) in [5, 5.41) is 0. The highest BCUT2D eigenvalue weighted by Gasteiger charge is 2.39. The smallest absolute Gasteiger partial charge is 0.171 e. The number of nitrogens with zero attached hydrogens (tertiary/aromatic N) is 3. The molecule has 4 heterocycles. The number of benzene rings is 1. The van der Waals surface area contributed by atoms with Crippen molar-refractivity contribution >= 4 is 29.7 Å². The molecule has 1 aromatic rings. The fraction of sp³-hybridized carbons (Fsp3) is 0.571. The molecule has 0 saturated carbocycles. The summed E-state index contributed by atoms with van der Waals surface area (Å²) in [5.41, 5.74) is 2.69. The summed E-state index contributed by atoms with van der Waals surface area (Å²) < 4.78 is 17.1. The van der Waals surface area contributed by atoms with E-state index in [1.54, 1.807) is 0 Å². The van der Waals surface area contributed by atoms with Crippen LogP contribution in [0.25, 0.3) is 6.08 Å². The molecular formula is C21H27N3O3S. The lowest BCUT2D eigenvalue weighted by Crippen LogP contribution is -2.45. The minimum Gasteiger partial charge on any atom is -0.379 e. The average molecular weight is 402 g/mol. The van der Waals surface area contributed by atoms with Gasteiger partial charge >= 0.3 is 0 Å². The van der Waals surface area contributed by atoms with E-state index in [-0.39, 0.29) is 11.3 Å². The van der Waals surface area contributed by atoms with E-state index in [1.807, 2.05) is 18.0 Å². The Morgan fingerprint density at radius 3 is 2.39 bits per heavy atom. The zero-order chi connectivity index (χ0) is 18.8. The van der Waals surface area contributed by atoms with Crippen molar-refractivity contribution in [1.29, 1.82) is 0 Å². The number of morpholine rings is 1. The number of hydrogen-bond acceptors (Lipinski definition) is 7. The van der Waals surface area contributed by atoms with Crippen molar-refractivity contribution in [3.8, 4) is 0 Å². The van der Waals surface area contributed by atoms with Gasteiger partial charge < -0.3 is 19.1 Å². The zero-order valence-corrected chi connectivity index (χ0v) is 16.9. The molecule has 0 radical (unpaired) electrons. The number of aliphatic imine (C=N–C) groups is 1. The maximum Gasteiger partial charge on any atom is 0.171 e. The average Bonchev–Trinajstić information content (AvgIpc) is 3.40. The van der Waals surface area contributed by atoms with E-state index in [0.717, 1.165) is 65.4 Å². The van der Waals surface area contributed by atoms with E-state index >= 15 is 0 Å². The Morgan fingerprint density at radius 2 is 1.68 bits per heavy atom. The largest absolute Gasteiger partial charge is 0.379 e. The van der Waals surface area contributed by atoms with E-state index in [4.69, 9.17) is 14.2 Å². The van der Waals surface area contributed by atoms with Crippen molar-refractivity contribution < 1.29 is 14.2 Å². The van der Waals surface area contributed by atoms with Crippen LogP contribution < -0.4 is 4.90 Å². The predicted molar refractivity (Wildman–Crippen MR) is 113 cm³/mol. The summed E-state index contributed by atoms with van der Waals surface area (Å²) in [6, 6.07) is 8.84. The maximum absolute atomic E-state index is 5.83. The molecule has 0 aromatic heterocycles. The van der Waals surface area contributed by atoms with E-state index in [1.165, 1.54) is 16.2 Å². The molecule has 1 spiro atoms. The number of piperidine rings is 1. The second-order valence-electron chi connectivity index (χ2n) is 7.60. The van der Waals surface area contributed by atoms with Crippen LogP contribution in [0.4, 0.5) is 5.69 Å². The van der Waals surface area contributed by atoms with Gasteiger partial charge in [0.25, 0.3) is 0 Å². The van der Waals surface area contributed by atoms with Crippen molar-refractivity contribution in [3.63, 3.8) is 0 Å². The first-order valence-electron chi connectivity index (χ1n) is 10.2. The molecule has 0 N–H and O–H groups in total. The Hall–Kier alpha value is -1.38. The number of anilines is 1. The zero-order valence-electron chi connectivity index (χ0n) is 16.1. The molecule has 1 unspecified atom stereocenters. The lowest BCUT2D eigenvalue weighted by Gasteiger charge is -2.38. The fourth-order valence-electron chi connectivity index (χ4n) is 4.20. The summed E-state index contributed by atoms with van der Waals surface area (Å²) in [6.45, 7) is 6.96. The molecular weight excluding hydrogens is 374 g/mol. The van der Waals surface area contributed by atoms with E-state index < -0.39 is 0 Å². The van der Waals surface area contributed by atoms with Crippen molar-refractivity contribution in [3.05, 3.63) is 34.7 Å². The van der Waals surface area contributed by atoms with Crippen molar-refractivity contribution in [1.82, 2.24) is 4.90 Å². The first kappa shape index (κ1) is 18.6. The number of thioether (sulfide) groups is 1. The molecule has 0 amide bonds.